The van der Waals surface area contributed by atoms with E-state index in [-0.39, 0.29) is 12.1 Å². The topological polar surface area (TPSA) is 35.2 Å². The fourth-order valence-corrected chi connectivity index (χ4v) is 3.00. The summed E-state index contributed by atoms with van der Waals surface area (Å²) in [6.45, 7) is 6.77. The normalized spacial score (nSPS) is 27.5. The summed E-state index contributed by atoms with van der Waals surface area (Å²) in [6.07, 6.45) is 4.60. The van der Waals surface area contributed by atoms with Crippen LogP contribution in [0.4, 0.5) is 0 Å². The van der Waals surface area contributed by atoms with Crippen LogP contribution < -0.4 is 10.5 Å². The second-order valence-corrected chi connectivity index (χ2v) is 6.10. The molecule has 1 saturated carbocycles. The first-order valence-electron chi connectivity index (χ1n) is 7.62. The largest absolute Gasteiger partial charge is 0.489 e. The number of rotatable bonds is 4. The highest BCUT2D eigenvalue weighted by Crippen LogP contribution is 2.32. The first-order chi connectivity index (χ1) is 9.11. The summed E-state index contributed by atoms with van der Waals surface area (Å²) in [5, 5.41) is 0. The van der Waals surface area contributed by atoms with Crippen molar-refractivity contribution in [1.82, 2.24) is 0 Å². The zero-order chi connectivity index (χ0) is 13.8. The highest BCUT2D eigenvalue weighted by Gasteiger charge is 2.31. The van der Waals surface area contributed by atoms with Gasteiger partial charge in [0.1, 0.15) is 11.9 Å². The first-order valence-corrected chi connectivity index (χ1v) is 7.62. The van der Waals surface area contributed by atoms with Crippen LogP contribution in [0, 0.1) is 11.8 Å². The minimum Gasteiger partial charge on any atom is -0.489 e. The molecule has 2 heteroatoms. The van der Waals surface area contributed by atoms with Crippen molar-refractivity contribution in [3.05, 3.63) is 29.8 Å². The van der Waals surface area contributed by atoms with Gasteiger partial charge in [-0.2, -0.15) is 0 Å². The van der Waals surface area contributed by atoms with Crippen LogP contribution in [0.1, 0.15) is 45.6 Å². The van der Waals surface area contributed by atoms with Crippen molar-refractivity contribution in [1.29, 1.82) is 0 Å². The Morgan fingerprint density at radius 2 is 2.00 bits per heavy atom. The number of aryl methyl sites for hydroxylation is 1. The Balaban J connectivity index is 2.07. The van der Waals surface area contributed by atoms with E-state index in [4.69, 9.17) is 10.5 Å². The summed E-state index contributed by atoms with van der Waals surface area (Å²) in [5.41, 5.74) is 7.53. The van der Waals surface area contributed by atoms with E-state index in [2.05, 4.69) is 39.0 Å². The standard InChI is InChI=1S/C17H27NO/c1-4-13-7-5-6-8-16(13)19-17-11-14(12(2)3)9-10-15(17)18/h5-8,12,14-15,17H,4,9-11,18H2,1-3H3. The van der Waals surface area contributed by atoms with Gasteiger partial charge in [0.15, 0.2) is 0 Å². The van der Waals surface area contributed by atoms with Gasteiger partial charge in [0.05, 0.1) is 0 Å². The Kier molecular flexibility index (Phi) is 4.87. The molecule has 2 rings (SSSR count). The molecular formula is C17H27NO. The van der Waals surface area contributed by atoms with Crippen LogP contribution >= 0.6 is 0 Å². The molecule has 1 aromatic rings. The van der Waals surface area contributed by atoms with E-state index in [1.807, 2.05) is 6.07 Å². The average molecular weight is 261 g/mol. The van der Waals surface area contributed by atoms with Gasteiger partial charge in [-0.05, 0) is 49.1 Å². The van der Waals surface area contributed by atoms with Gasteiger partial charge in [0.2, 0.25) is 0 Å². The predicted octanol–water partition coefficient (Wildman–Crippen LogP) is 3.78. The Bertz CT molecular complexity index is 402. The number of hydrogen-bond donors (Lipinski definition) is 1. The van der Waals surface area contributed by atoms with Gasteiger partial charge < -0.3 is 10.5 Å². The molecule has 0 aromatic heterocycles. The lowest BCUT2D eigenvalue weighted by atomic mass is 9.78. The third-order valence-electron chi connectivity index (χ3n) is 4.46. The Morgan fingerprint density at radius 3 is 2.68 bits per heavy atom. The quantitative estimate of drug-likeness (QED) is 0.895. The molecule has 0 spiro atoms. The molecule has 1 aromatic carbocycles. The summed E-state index contributed by atoms with van der Waals surface area (Å²) >= 11 is 0. The molecule has 3 atom stereocenters. The summed E-state index contributed by atoms with van der Waals surface area (Å²) < 4.78 is 6.24. The third kappa shape index (κ3) is 3.50. The number of para-hydroxylation sites is 1. The van der Waals surface area contributed by atoms with Crippen molar-refractivity contribution in [2.45, 2.75) is 58.6 Å². The van der Waals surface area contributed by atoms with E-state index in [1.165, 1.54) is 12.0 Å². The van der Waals surface area contributed by atoms with E-state index in [0.29, 0.717) is 0 Å². The SMILES string of the molecule is CCc1ccccc1OC1CC(C(C)C)CCC1N. The van der Waals surface area contributed by atoms with Gasteiger partial charge in [0.25, 0.3) is 0 Å². The van der Waals surface area contributed by atoms with Crippen molar-refractivity contribution in [2.75, 3.05) is 0 Å². The van der Waals surface area contributed by atoms with Crippen molar-refractivity contribution in [3.8, 4) is 5.75 Å². The van der Waals surface area contributed by atoms with Gasteiger partial charge in [-0.25, -0.2) is 0 Å². The van der Waals surface area contributed by atoms with Crippen molar-refractivity contribution in [3.63, 3.8) is 0 Å². The molecule has 1 aliphatic rings. The van der Waals surface area contributed by atoms with Crippen LogP contribution in [0.2, 0.25) is 0 Å². The van der Waals surface area contributed by atoms with Crippen LogP contribution in [-0.2, 0) is 6.42 Å². The molecule has 0 heterocycles. The molecule has 106 valence electrons. The second-order valence-electron chi connectivity index (χ2n) is 6.10. The van der Waals surface area contributed by atoms with Gasteiger partial charge in [-0.1, -0.05) is 39.0 Å². The highest BCUT2D eigenvalue weighted by molar-refractivity contribution is 5.33. The summed E-state index contributed by atoms with van der Waals surface area (Å²) in [7, 11) is 0. The second kappa shape index (κ2) is 6.42. The number of nitrogens with two attached hydrogens (primary N) is 1. The van der Waals surface area contributed by atoms with E-state index >= 15 is 0 Å². The lowest BCUT2D eigenvalue weighted by Gasteiger charge is -2.36. The van der Waals surface area contributed by atoms with Crippen LogP contribution in [0.5, 0.6) is 5.75 Å². The Labute approximate surface area is 117 Å². The molecule has 0 bridgehead atoms. The van der Waals surface area contributed by atoms with Gasteiger partial charge in [-0.15, -0.1) is 0 Å². The van der Waals surface area contributed by atoms with Gasteiger partial charge in [0, 0.05) is 6.04 Å². The summed E-state index contributed by atoms with van der Waals surface area (Å²) in [6, 6.07) is 8.51. The number of ether oxygens (including phenoxy) is 1. The Morgan fingerprint density at radius 1 is 1.26 bits per heavy atom. The summed E-state index contributed by atoms with van der Waals surface area (Å²) in [4.78, 5) is 0. The number of benzene rings is 1. The van der Waals surface area contributed by atoms with Crippen molar-refractivity contribution in [2.24, 2.45) is 17.6 Å². The van der Waals surface area contributed by atoms with Crippen LogP contribution in [0.15, 0.2) is 24.3 Å². The minimum absolute atomic E-state index is 0.175. The number of hydrogen-bond acceptors (Lipinski definition) is 2. The molecular weight excluding hydrogens is 234 g/mol. The van der Waals surface area contributed by atoms with Crippen LogP contribution in [0.3, 0.4) is 0 Å². The molecule has 0 radical (unpaired) electrons. The molecule has 2 N–H and O–H groups in total. The molecule has 1 fully saturated rings. The highest BCUT2D eigenvalue weighted by atomic mass is 16.5. The predicted molar refractivity (Wildman–Crippen MR) is 80.4 cm³/mol. The monoisotopic (exact) mass is 261 g/mol. The molecule has 0 aliphatic heterocycles. The third-order valence-corrected chi connectivity index (χ3v) is 4.46. The zero-order valence-electron chi connectivity index (χ0n) is 12.4. The van der Waals surface area contributed by atoms with Crippen molar-refractivity contribution >= 4 is 0 Å². The first kappa shape index (κ1) is 14.4. The zero-order valence-corrected chi connectivity index (χ0v) is 12.4. The fourth-order valence-electron chi connectivity index (χ4n) is 3.00. The molecule has 1 aliphatic carbocycles. The molecule has 0 saturated heterocycles. The van der Waals surface area contributed by atoms with Crippen LogP contribution in [0.25, 0.3) is 0 Å². The minimum atomic E-state index is 0.175. The van der Waals surface area contributed by atoms with E-state index in [0.717, 1.165) is 36.8 Å². The molecule has 19 heavy (non-hydrogen) atoms. The Hall–Kier alpha value is -1.02. The van der Waals surface area contributed by atoms with Crippen molar-refractivity contribution < 1.29 is 4.74 Å². The molecule has 0 amide bonds. The maximum atomic E-state index is 6.26. The van der Waals surface area contributed by atoms with E-state index in [1.54, 1.807) is 0 Å². The van der Waals surface area contributed by atoms with Gasteiger partial charge in [-0.3, -0.25) is 0 Å². The molecule has 3 unspecified atom stereocenters. The van der Waals surface area contributed by atoms with E-state index in [9.17, 15) is 0 Å². The lowest BCUT2D eigenvalue weighted by molar-refractivity contribution is 0.0860. The summed E-state index contributed by atoms with van der Waals surface area (Å²) in [5.74, 6) is 2.49. The fraction of sp³-hybridized carbons (Fsp3) is 0.647. The average Bonchev–Trinajstić information content (AvgIpc) is 2.41. The van der Waals surface area contributed by atoms with Gasteiger partial charge >= 0.3 is 0 Å². The van der Waals surface area contributed by atoms with Crippen LogP contribution in [-0.4, -0.2) is 12.1 Å². The molecule has 2 nitrogen and oxygen atoms in total. The smallest absolute Gasteiger partial charge is 0.122 e. The van der Waals surface area contributed by atoms with E-state index < -0.39 is 0 Å². The maximum Gasteiger partial charge on any atom is 0.122 e. The maximum absolute atomic E-state index is 6.26. The lowest BCUT2D eigenvalue weighted by Crippen LogP contribution is -2.44.